The van der Waals surface area contributed by atoms with Crippen LogP contribution in [0.3, 0.4) is 0 Å². The van der Waals surface area contributed by atoms with Crippen LogP contribution in [0.2, 0.25) is 0 Å². The zero-order valence-electron chi connectivity index (χ0n) is 13.7. The molecule has 0 aliphatic rings. The highest BCUT2D eigenvalue weighted by Gasteiger charge is 2.07. The van der Waals surface area contributed by atoms with Gasteiger partial charge in [-0.3, -0.25) is 0 Å². The summed E-state index contributed by atoms with van der Waals surface area (Å²) in [6.07, 6.45) is 7.10. The van der Waals surface area contributed by atoms with Gasteiger partial charge in [0.25, 0.3) is 0 Å². The maximum absolute atomic E-state index is 11.9. The van der Waals surface area contributed by atoms with Crippen LogP contribution in [0.5, 0.6) is 5.88 Å². The average molecular weight is 317 g/mol. The Bertz CT molecular complexity index is 595. The third-order valence-electron chi connectivity index (χ3n) is 3.03. The van der Waals surface area contributed by atoms with Crippen molar-refractivity contribution in [2.45, 2.75) is 46.0 Å². The van der Waals surface area contributed by atoms with E-state index in [0.717, 1.165) is 5.56 Å². The maximum Gasteiger partial charge on any atom is 0.315 e. The Morgan fingerprint density at radius 3 is 2.78 bits per heavy atom. The second-order valence-corrected chi connectivity index (χ2v) is 5.66. The van der Waals surface area contributed by atoms with Gasteiger partial charge in [0.05, 0.1) is 12.4 Å². The van der Waals surface area contributed by atoms with Crippen molar-refractivity contribution in [3.63, 3.8) is 0 Å². The van der Waals surface area contributed by atoms with E-state index in [1.54, 1.807) is 24.8 Å². The Labute approximate surface area is 136 Å². The normalized spacial score (nSPS) is 12.0. The minimum atomic E-state index is -0.208. The van der Waals surface area contributed by atoms with Gasteiger partial charge in [-0.2, -0.15) is 0 Å². The summed E-state index contributed by atoms with van der Waals surface area (Å²) in [6, 6.07) is 3.49. The Balaban J connectivity index is 1.73. The van der Waals surface area contributed by atoms with E-state index in [4.69, 9.17) is 4.74 Å². The van der Waals surface area contributed by atoms with E-state index in [0.29, 0.717) is 19.0 Å². The Kier molecular flexibility index (Phi) is 5.96. The van der Waals surface area contributed by atoms with Crippen molar-refractivity contribution in [2.75, 3.05) is 0 Å². The molecular formula is C16H23N5O2. The number of hydrogen-bond acceptors (Lipinski definition) is 4. The van der Waals surface area contributed by atoms with Crippen LogP contribution < -0.4 is 15.4 Å². The molecule has 23 heavy (non-hydrogen) atoms. The first kappa shape index (κ1) is 16.8. The van der Waals surface area contributed by atoms with Crippen LogP contribution in [0.4, 0.5) is 4.79 Å². The molecule has 2 rings (SSSR count). The van der Waals surface area contributed by atoms with Gasteiger partial charge in [-0.05, 0) is 26.3 Å². The molecule has 0 saturated carbocycles. The van der Waals surface area contributed by atoms with Gasteiger partial charge in [0.1, 0.15) is 0 Å². The Morgan fingerprint density at radius 2 is 2.17 bits per heavy atom. The fraction of sp³-hybridized carbons (Fsp3) is 0.438. The molecule has 124 valence electrons. The van der Waals surface area contributed by atoms with Gasteiger partial charge >= 0.3 is 6.03 Å². The number of pyridine rings is 1. The van der Waals surface area contributed by atoms with E-state index in [-0.39, 0.29) is 18.2 Å². The second kappa shape index (κ2) is 8.17. The number of urea groups is 1. The fourth-order valence-electron chi connectivity index (χ4n) is 2.04. The third-order valence-corrected chi connectivity index (χ3v) is 3.03. The molecule has 2 aromatic rings. The van der Waals surface area contributed by atoms with Crippen LogP contribution in [0, 0.1) is 0 Å². The molecule has 0 spiro atoms. The molecule has 2 amide bonds. The second-order valence-electron chi connectivity index (χ2n) is 5.66. The summed E-state index contributed by atoms with van der Waals surface area (Å²) in [5.41, 5.74) is 0.915. The zero-order valence-corrected chi connectivity index (χ0v) is 13.7. The van der Waals surface area contributed by atoms with Gasteiger partial charge in [-0.1, -0.05) is 6.07 Å². The molecule has 2 N–H and O–H groups in total. The number of carbonyl (C=O) groups is 1. The largest absolute Gasteiger partial charge is 0.475 e. The van der Waals surface area contributed by atoms with Crippen molar-refractivity contribution in [2.24, 2.45) is 0 Å². The average Bonchev–Trinajstić information content (AvgIpc) is 2.98. The minimum absolute atomic E-state index is 0.00384. The van der Waals surface area contributed by atoms with Crippen molar-refractivity contribution in [3.05, 3.63) is 42.6 Å². The number of hydrogen-bond donors (Lipinski definition) is 2. The standard InChI is InChI=1S/C16H23N5O2/c1-12(2)23-15-5-4-14(8-18-15)9-19-16(22)20-13(3)10-21-7-6-17-11-21/h4-8,11-13H,9-10H2,1-3H3,(H2,19,20,22). The first-order valence-corrected chi connectivity index (χ1v) is 7.64. The van der Waals surface area contributed by atoms with E-state index in [2.05, 4.69) is 20.6 Å². The monoisotopic (exact) mass is 317 g/mol. The predicted octanol–water partition coefficient (Wildman–Crippen LogP) is 1.95. The van der Waals surface area contributed by atoms with Crippen LogP contribution in [0.1, 0.15) is 26.3 Å². The van der Waals surface area contributed by atoms with Gasteiger partial charge in [-0.25, -0.2) is 14.8 Å². The van der Waals surface area contributed by atoms with Gasteiger partial charge in [0.15, 0.2) is 0 Å². The molecule has 1 atom stereocenters. The third kappa shape index (κ3) is 5.98. The van der Waals surface area contributed by atoms with Crippen molar-refractivity contribution < 1.29 is 9.53 Å². The number of nitrogens with zero attached hydrogens (tertiary/aromatic N) is 3. The topological polar surface area (TPSA) is 81.1 Å². The molecule has 7 heteroatoms. The molecule has 0 aromatic carbocycles. The van der Waals surface area contributed by atoms with E-state index in [1.807, 2.05) is 37.6 Å². The summed E-state index contributed by atoms with van der Waals surface area (Å²) < 4.78 is 7.40. The Morgan fingerprint density at radius 1 is 1.35 bits per heavy atom. The first-order chi connectivity index (χ1) is 11.0. The first-order valence-electron chi connectivity index (χ1n) is 7.64. The number of aromatic nitrogens is 3. The number of ether oxygens (including phenoxy) is 1. The van der Waals surface area contributed by atoms with Crippen LogP contribution in [0.15, 0.2) is 37.1 Å². The number of rotatable bonds is 7. The van der Waals surface area contributed by atoms with Gasteiger partial charge in [0.2, 0.25) is 5.88 Å². The SMILES string of the molecule is CC(Cn1ccnc1)NC(=O)NCc1ccc(OC(C)C)nc1. The quantitative estimate of drug-likeness (QED) is 0.818. The van der Waals surface area contributed by atoms with E-state index < -0.39 is 0 Å². The minimum Gasteiger partial charge on any atom is -0.475 e. The highest BCUT2D eigenvalue weighted by Crippen LogP contribution is 2.09. The summed E-state index contributed by atoms with van der Waals surface area (Å²) in [4.78, 5) is 20.1. The summed E-state index contributed by atoms with van der Waals surface area (Å²) in [5, 5.41) is 5.70. The number of imidazole rings is 1. The molecule has 2 heterocycles. The summed E-state index contributed by atoms with van der Waals surface area (Å²) in [6.45, 7) is 6.94. The highest BCUT2D eigenvalue weighted by atomic mass is 16.5. The Hall–Kier alpha value is -2.57. The fourth-order valence-corrected chi connectivity index (χ4v) is 2.04. The summed E-state index contributed by atoms with van der Waals surface area (Å²) >= 11 is 0. The summed E-state index contributed by atoms with van der Waals surface area (Å²) in [5.74, 6) is 0.585. The molecule has 0 saturated heterocycles. The lowest BCUT2D eigenvalue weighted by atomic mass is 10.3. The van der Waals surface area contributed by atoms with Gasteiger partial charge in [0, 0.05) is 43.8 Å². The lowest BCUT2D eigenvalue weighted by Crippen LogP contribution is -2.42. The van der Waals surface area contributed by atoms with Crippen molar-refractivity contribution in [3.8, 4) is 5.88 Å². The van der Waals surface area contributed by atoms with Crippen molar-refractivity contribution >= 4 is 6.03 Å². The molecule has 0 aliphatic heterocycles. The molecule has 1 unspecified atom stereocenters. The molecule has 0 radical (unpaired) electrons. The van der Waals surface area contributed by atoms with Crippen LogP contribution in [-0.2, 0) is 13.1 Å². The lowest BCUT2D eigenvalue weighted by molar-refractivity contribution is 0.232. The number of carbonyl (C=O) groups excluding carboxylic acids is 1. The zero-order chi connectivity index (χ0) is 16.7. The maximum atomic E-state index is 11.9. The molecular weight excluding hydrogens is 294 g/mol. The number of nitrogens with one attached hydrogen (secondary N) is 2. The molecule has 7 nitrogen and oxygen atoms in total. The van der Waals surface area contributed by atoms with Crippen LogP contribution in [-0.4, -0.2) is 32.7 Å². The predicted molar refractivity (Wildman–Crippen MR) is 87.1 cm³/mol. The van der Waals surface area contributed by atoms with Crippen molar-refractivity contribution in [1.29, 1.82) is 0 Å². The summed E-state index contributed by atoms with van der Waals surface area (Å²) in [7, 11) is 0. The van der Waals surface area contributed by atoms with Crippen molar-refractivity contribution in [1.82, 2.24) is 25.2 Å². The number of amides is 2. The lowest BCUT2D eigenvalue weighted by Gasteiger charge is -2.15. The van der Waals surface area contributed by atoms with E-state index in [9.17, 15) is 4.79 Å². The molecule has 2 aromatic heterocycles. The van der Waals surface area contributed by atoms with E-state index >= 15 is 0 Å². The van der Waals surface area contributed by atoms with Crippen LogP contribution >= 0.6 is 0 Å². The van der Waals surface area contributed by atoms with Crippen LogP contribution in [0.25, 0.3) is 0 Å². The smallest absolute Gasteiger partial charge is 0.315 e. The molecule has 0 bridgehead atoms. The van der Waals surface area contributed by atoms with E-state index in [1.165, 1.54) is 0 Å². The highest BCUT2D eigenvalue weighted by molar-refractivity contribution is 5.74. The molecule has 0 fully saturated rings. The molecule has 0 aliphatic carbocycles. The van der Waals surface area contributed by atoms with Gasteiger partial charge < -0.3 is 19.9 Å². The van der Waals surface area contributed by atoms with Gasteiger partial charge in [-0.15, -0.1) is 0 Å².